The highest BCUT2D eigenvalue weighted by atomic mass is 32.2. The summed E-state index contributed by atoms with van der Waals surface area (Å²) < 4.78 is 36.6. The summed E-state index contributed by atoms with van der Waals surface area (Å²) in [6.45, 7) is 2.51. The van der Waals surface area contributed by atoms with E-state index >= 15 is 0 Å². The Labute approximate surface area is 107 Å². The predicted octanol–water partition coefficient (Wildman–Crippen LogP) is 1.08. The second-order valence-corrected chi connectivity index (χ2v) is 6.90. The molecule has 0 aromatic heterocycles. The number of rotatable bonds is 2. The number of benzene rings is 1. The third-order valence-corrected chi connectivity index (χ3v) is 4.78. The van der Waals surface area contributed by atoms with E-state index in [2.05, 4.69) is 0 Å². The van der Waals surface area contributed by atoms with E-state index in [9.17, 15) is 12.8 Å². The van der Waals surface area contributed by atoms with Crippen LogP contribution < -0.4 is 10.6 Å². The number of nitrogens with zero attached hydrogens (tertiary/aromatic N) is 1. The van der Waals surface area contributed by atoms with Crippen LogP contribution in [0.15, 0.2) is 18.2 Å². The average molecular weight is 272 g/mol. The molecule has 1 aromatic rings. The van der Waals surface area contributed by atoms with Crippen LogP contribution in [0.5, 0.6) is 0 Å². The van der Waals surface area contributed by atoms with Gasteiger partial charge in [0.2, 0.25) is 0 Å². The highest BCUT2D eigenvalue weighted by molar-refractivity contribution is 7.91. The molecule has 1 heterocycles. The molecule has 1 aromatic carbocycles. The van der Waals surface area contributed by atoms with Gasteiger partial charge < -0.3 is 10.6 Å². The predicted molar refractivity (Wildman–Crippen MR) is 69.9 cm³/mol. The number of halogens is 1. The van der Waals surface area contributed by atoms with Crippen molar-refractivity contribution in [3.05, 3.63) is 29.6 Å². The van der Waals surface area contributed by atoms with Gasteiger partial charge >= 0.3 is 0 Å². The van der Waals surface area contributed by atoms with E-state index in [0.29, 0.717) is 24.3 Å². The molecule has 1 aliphatic rings. The topological polar surface area (TPSA) is 63.4 Å². The minimum Gasteiger partial charge on any atom is -0.369 e. The molecule has 6 heteroatoms. The maximum atomic E-state index is 13.8. The van der Waals surface area contributed by atoms with Gasteiger partial charge in [0.25, 0.3) is 0 Å². The first kappa shape index (κ1) is 13.3. The maximum Gasteiger partial charge on any atom is 0.153 e. The molecule has 0 amide bonds. The summed E-state index contributed by atoms with van der Waals surface area (Å²) in [5.41, 5.74) is 6.95. The molecule has 0 radical (unpaired) electrons. The Morgan fingerprint density at radius 3 is 2.50 bits per heavy atom. The summed E-state index contributed by atoms with van der Waals surface area (Å²) in [6.07, 6.45) is 0. The quantitative estimate of drug-likeness (QED) is 0.875. The maximum absolute atomic E-state index is 13.8. The summed E-state index contributed by atoms with van der Waals surface area (Å²) in [7, 11) is -2.93. The monoisotopic (exact) mass is 272 g/mol. The van der Waals surface area contributed by atoms with E-state index in [1.54, 1.807) is 19.1 Å². The molecule has 0 aliphatic carbocycles. The Morgan fingerprint density at radius 2 is 1.94 bits per heavy atom. The second-order valence-electron chi connectivity index (χ2n) is 4.60. The lowest BCUT2D eigenvalue weighted by Gasteiger charge is -2.31. The third-order valence-electron chi connectivity index (χ3n) is 3.17. The van der Waals surface area contributed by atoms with Crippen molar-refractivity contribution in [1.82, 2.24) is 0 Å². The minimum absolute atomic E-state index is 0.113. The smallest absolute Gasteiger partial charge is 0.153 e. The molecule has 0 spiro atoms. The molecule has 1 aliphatic heterocycles. The second kappa shape index (κ2) is 4.85. The Balaban J connectivity index is 2.32. The van der Waals surface area contributed by atoms with E-state index in [0.717, 1.165) is 0 Å². The molecular formula is C12H17FN2O2S. The summed E-state index contributed by atoms with van der Waals surface area (Å²) in [6, 6.07) is 4.38. The SMILES string of the molecule is C[C@@H](N)c1c(F)cccc1N1CCS(=O)(=O)CC1. The fourth-order valence-corrected chi connectivity index (χ4v) is 3.41. The zero-order chi connectivity index (χ0) is 13.3. The Morgan fingerprint density at radius 1 is 1.33 bits per heavy atom. The highest BCUT2D eigenvalue weighted by Gasteiger charge is 2.24. The highest BCUT2D eigenvalue weighted by Crippen LogP contribution is 2.28. The Hall–Kier alpha value is -1.14. The van der Waals surface area contributed by atoms with Crippen molar-refractivity contribution in [1.29, 1.82) is 0 Å². The fourth-order valence-electron chi connectivity index (χ4n) is 2.21. The first-order chi connectivity index (χ1) is 8.41. The Kier molecular flexibility index (Phi) is 3.59. The van der Waals surface area contributed by atoms with Crippen LogP contribution in [-0.4, -0.2) is 33.0 Å². The van der Waals surface area contributed by atoms with Crippen molar-refractivity contribution < 1.29 is 12.8 Å². The number of hydrogen-bond acceptors (Lipinski definition) is 4. The number of nitrogens with two attached hydrogens (primary N) is 1. The lowest BCUT2D eigenvalue weighted by molar-refractivity contribution is 0.582. The van der Waals surface area contributed by atoms with Crippen LogP contribution in [0.2, 0.25) is 0 Å². The van der Waals surface area contributed by atoms with Crippen molar-refractivity contribution in [2.45, 2.75) is 13.0 Å². The fraction of sp³-hybridized carbons (Fsp3) is 0.500. The summed E-state index contributed by atoms with van der Waals surface area (Å²) in [5, 5.41) is 0. The van der Waals surface area contributed by atoms with Gasteiger partial charge in [0, 0.05) is 30.4 Å². The summed E-state index contributed by atoms with van der Waals surface area (Å²) >= 11 is 0. The van der Waals surface area contributed by atoms with Gasteiger partial charge in [0.05, 0.1) is 11.5 Å². The van der Waals surface area contributed by atoms with Gasteiger partial charge in [-0.1, -0.05) is 6.07 Å². The Bertz CT molecular complexity index is 529. The zero-order valence-corrected chi connectivity index (χ0v) is 11.1. The normalized spacial score (nSPS) is 20.7. The van der Waals surface area contributed by atoms with E-state index in [4.69, 9.17) is 5.73 Å². The molecule has 1 atom stereocenters. The lowest BCUT2D eigenvalue weighted by Crippen LogP contribution is -2.41. The van der Waals surface area contributed by atoms with E-state index in [1.165, 1.54) is 6.07 Å². The van der Waals surface area contributed by atoms with Gasteiger partial charge in [-0.3, -0.25) is 0 Å². The van der Waals surface area contributed by atoms with Gasteiger partial charge in [0.1, 0.15) is 5.82 Å². The molecule has 1 fully saturated rings. The van der Waals surface area contributed by atoms with Gasteiger partial charge in [-0.25, -0.2) is 12.8 Å². The van der Waals surface area contributed by atoms with Gasteiger partial charge in [-0.05, 0) is 19.1 Å². The standard InChI is InChI=1S/C12H17FN2O2S/c1-9(14)12-10(13)3-2-4-11(12)15-5-7-18(16,17)8-6-15/h2-4,9H,5-8,14H2,1H3/t9-/m1/s1. The minimum atomic E-state index is -2.93. The number of hydrogen-bond donors (Lipinski definition) is 1. The van der Waals surface area contributed by atoms with Gasteiger partial charge in [-0.2, -0.15) is 0 Å². The molecule has 100 valence electrons. The van der Waals surface area contributed by atoms with E-state index in [1.807, 2.05) is 4.90 Å². The van der Waals surface area contributed by atoms with Gasteiger partial charge in [-0.15, -0.1) is 0 Å². The molecule has 0 unspecified atom stereocenters. The van der Waals surface area contributed by atoms with Crippen molar-refractivity contribution in [2.75, 3.05) is 29.5 Å². The molecular weight excluding hydrogens is 255 g/mol. The first-order valence-corrected chi connectivity index (χ1v) is 7.72. The van der Waals surface area contributed by atoms with Crippen LogP contribution in [0.1, 0.15) is 18.5 Å². The van der Waals surface area contributed by atoms with Gasteiger partial charge in [0.15, 0.2) is 9.84 Å². The largest absolute Gasteiger partial charge is 0.369 e. The molecule has 4 nitrogen and oxygen atoms in total. The number of sulfone groups is 1. The van der Waals surface area contributed by atoms with Crippen LogP contribution in [0, 0.1) is 5.82 Å². The summed E-state index contributed by atoms with van der Waals surface area (Å²) in [4.78, 5) is 1.89. The summed E-state index contributed by atoms with van der Waals surface area (Å²) in [5.74, 6) is -0.111. The molecule has 2 N–H and O–H groups in total. The van der Waals surface area contributed by atoms with Crippen LogP contribution in [-0.2, 0) is 9.84 Å². The van der Waals surface area contributed by atoms with Crippen molar-refractivity contribution in [2.24, 2.45) is 5.73 Å². The van der Waals surface area contributed by atoms with Crippen LogP contribution in [0.3, 0.4) is 0 Å². The van der Waals surface area contributed by atoms with Crippen molar-refractivity contribution in [3.8, 4) is 0 Å². The molecule has 18 heavy (non-hydrogen) atoms. The van der Waals surface area contributed by atoms with Crippen LogP contribution in [0.4, 0.5) is 10.1 Å². The van der Waals surface area contributed by atoms with Crippen molar-refractivity contribution in [3.63, 3.8) is 0 Å². The first-order valence-electron chi connectivity index (χ1n) is 5.90. The molecule has 2 rings (SSSR count). The number of anilines is 1. The van der Waals surface area contributed by atoms with E-state index in [-0.39, 0.29) is 17.3 Å². The van der Waals surface area contributed by atoms with Crippen LogP contribution >= 0.6 is 0 Å². The molecule has 1 saturated heterocycles. The molecule has 0 bridgehead atoms. The average Bonchev–Trinajstić information content (AvgIpc) is 2.28. The lowest BCUT2D eigenvalue weighted by atomic mass is 10.0. The zero-order valence-electron chi connectivity index (χ0n) is 10.3. The molecule has 0 saturated carbocycles. The van der Waals surface area contributed by atoms with Crippen molar-refractivity contribution >= 4 is 15.5 Å². The third kappa shape index (κ3) is 2.64. The van der Waals surface area contributed by atoms with E-state index < -0.39 is 15.9 Å². The van der Waals surface area contributed by atoms with Crippen LogP contribution in [0.25, 0.3) is 0 Å².